The van der Waals surface area contributed by atoms with Crippen LogP contribution in [-0.2, 0) is 0 Å². The third-order valence-electron chi connectivity index (χ3n) is 2.38. The van der Waals surface area contributed by atoms with E-state index in [-0.39, 0.29) is 0 Å². The predicted molar refractivity (Wildman–Crippen MR) is 65.8 cm³/mol. The van der Waals surface area contributed by atoms with E-state index in [2.05, 4.69) is 35.2 Å². The summed E-state index contributed by atoms with van der Waals surface area (Å²) in [5.41, 5.74) is 2.23. The molecule has 3 heteroatoms. The molecule has 0 radical (unpaired) electrons. The van der Waals surface area contributed by atoms with Crippen LogP contribution in [-0.4, -0.2) is 9.97 Å². The number of anilines is 2. The zero-order chi connectivity index (χ0) is 11.4. The van der Waals surface area contributed by atoms with Crippen LogP contribution in [0.1, 0.15) is 25.3 Å². The highest BCUT2D eigenvalue weighted by Gasteiger charge is 2.01. The Morgan fingerprint density at radius 1 is 1.19 bits per heavy atom. The van der Waals surface area contributed by atoms with Gasteiger partial charge in [0.15, 0.2) is 0 Å². The van der Waals surface area contributed by atoms with Crippen molar-refractivity contribution in [2.24, 2.45) is 0 Å². The lowest BCUT2D eigenvalue weighted by molar-refractivity contribution is 0.864. The maximum absolute atomic E-state index is 4.28. The van der Waals surface area contributed by atoms with Gasteiger partial charge in [0.2, 0.25) is 0 Å². The highest BCUT2D eigenvalue weighted by atomic mass is 15.0. The van der Waals surface area contributed by atoms with Crippen molar-refractivity contribution in [1.82, 2.24) is 9.97 Å². The Hall–Kier alpha value is -1.90. The first-order chi connectivity index (χ1) is 7.75. The number of aromatic nitrogens is 2. The van der Waals surface area contributed by atoms with Crippen LogP contribution in [0.5, 0.6) is 0 Å². The Morgan fingerprint density at radius 3 is 2.75 bits per heavy atom. The zero-order valence-electron chi connectivity index (χ0n) is 9.51. The molecule has 0 amide bonds. The average molecular weight is 213 g/mol. The van der Waals surface area contributed by atoms with Crippen LogP contribution in [0.15, 0.2) is 42.9 Å². The molecule has 2 aromatic rings. The number of hydrogen-bond acceptors (Lipinski definition) is 3. The van der Waals surface area contributed by atoms with Gasteiger partial charge in [-0.2, -0.15) is 0 Å². The molecule has 2 rings (SSSR count). The molecule has 2 heterocycles. The van der Waals surface area contributed by atoms with Gasteiger partial charge in [0.05, 0.1) is 11.9 Å². The van der Waals surface area contributed by atoms with E-state index in [1.165, 1.54) is 5.56 Å². The Bertz CT molecular complexity index is 452. The van der Waals surface area contributed by atoms with E-state index in [0.29, 0.717) is 5.92 Å². The molecule has 0 aliphatic carbocycles. The fourth-order valence-corrected chi connectivity index (χ4v) is 1.46. The fraction of sp³-hybridized carbons (Fsp3) is 0.231. The van der Waals surface area contributed by atoms with Crippen molar-refractivity contribution in [1.29, 1.82) is 0 Å². The summed E-state index contributed by atoms with van der Waals surface area (Å²) < 4.78 is 0. The molecule has 3 nitrogen and oxygen atoms in total. The number of rotatable bonds is 3. The number of nitrogens with one attached hydrogen (secondary N) is 1. The van der Waals surface area contributed by atoms with E-state index in [9.17, 15) is 0 Å². The van der Waals surface area contributed by atoms with Gasteiger partial charge in [0.1, 0.15) is 5.82 Å². The molecule has 82 valence electrons. The van der Waals surface area contributed by atoms with Gasteiger partial charge in [0, 0.05) is 12.4 Å². The van der Waals surface area contributed by atoms with Crippen molar-refractivity contribution in [3.63, 3.8) is 0 Å². The zero-order valence-corrected chi connectivity index (χ0v) is 9.51. The minimum absolute atomic E-state index is 0.512. The minimum atomic E-state index is 0.512. The molecule has 1 N–H and O–H groups in total. The quantitative estimate of drug-likeness (QED) is 0.849. The van der Waals surface area contributed by atoms with Crippen LogP contribution < -0.4 is 5.32 Å². The molecule has 0 aliphatic rings. The largest absolute Gasteiger partial charge is 0.339 e. The summed E-state index contributed by atoms with van der Waals surface area (Å²) in [6, 6.07) is 7.97. The van der Waals surface area contributed by atoms with Crippen molar-refractivity contribution >= 4 is 11.5 Å². The van der Waals surface area contributed by atoms with Crippen molar-refractivity contribution in [2.75, 3.05) is 5.32 Å². The van der Waals surface area contributed by atoms with Gasteiger partial charge in [-0.25, -0.2) is 4.98 Å². The van der Waals surface area contributed by atoms with Crippen molar-refractivity contribution in [2.45, 2.75) is 19.8 Å². The molecule has 2 aromatic heterocycles. The van der Waals surface area contributed by atoms with E-state index in [4.69, 9.17) is 0 Å². The lowest BCUT2D eigenvalue weighted by Gasteiger charge is -2.08. The van der Waals surface area contributed by atoms with Crippen molar-refractivity contribution < 1.29 is 0 Å². The number of hydrogen-bond donors (Lipinski definition) is 1. The monoisotopic (exact) mass is 213 g/mol. The average Bonchev–Trinajstić information content (AvgIpc) is 2.30. The topological polar surface area (TPSA) is 37.8 Å². The first-order valence-electron chi connectivity index (χ1n) is 5.38. The molecule has 0 saturated heterocycles. The van der Waals surface area contributed by atoms with E-state index >= 15 is 0 Å². The summed E-state index contributed by atoms with van der Waals surface area (Å²) in [6.45, 7) is 4.34. The van der Waals surface area contributed by atoms with Gasteiger partial charge in [-0.1, -0.05) is 13.8 Å². The molecule has 16 heavy (non-hydrogen) atoms. The Labute approximate surface area is 95.6 Å². The predicted octanol–water partition coefficient (Wildman–Crippen LogP) is 3.34. The molecule has 0 saturated carbocycles. The molecule has 0 atom stereocenters. The van der Waals surface area contributed by atoms with Gasteiger partial charge in [-0.15, -0.1) is 0 Å². The van der Waals surface area contributed by atoms with Crippen LogP contribution in [0.2, 0.25) is 0 Å². The van der Waals surface area contributed by atoms with Crippen LogP contribution in [0.4, 0.5) is 11.5 Å². The Kier molecular flexibility index (Phi) is 3.15. The van der Waals surface area contributed by atoms with Crippen LogP contribution in [0.25, 0.3) is 0 Å². The molecular weight excluding hydrogens is 198 g/mol. The van der Waals surface area contributed by atoms with Crippen molar-refractivity contribution in [3.8, 4) is 0 Å². The van der Waals surface area contributed by atoms with Gasteiger partial charge in [0.25, 0.3) is 0 Å². The third-order valence-corrected chi connectivity index (χ3v) is 2.38. The summed E-state index contributed by atoms with van der Waals surface area (Å²) in [5, 5.41) is 3.23. The molecule has 0 spiro atoms. The number of pyridine rings is 2. The smallest absolute Gasteiger partial charge is 0.130 e. The molecular formula is C13H15N3. The molecule has 0 aliphatic heterocycles. The second-order valence-electron chi connectivity index (χ2n) is 4.00. The van der Waals surface area contributed by atoms with E-state index < -0.39 is 0 Å². The third kappa shape index (κ3) is 2.57. The Morgan fingerprint density at radius 2 is 2.06 bits per heavy atom. The maximum Gasteiger partial charge on any atom is 0.130 e. The van der Waals surface area contributed by atoms with Gasteiger partial charge >= 0.3 is 0 Å². The first kappa shape index (κ1) is 10.6. The summed E-state index contributed by atoms with van der Waals surface area (Å²) in [5.74, 6) is 1.37. The van der Waals surface area contributed by atoms with Gasteiger partial charge < -0.3 is 5.32 Å². The highest BCUT2D eigenvalue weighted by molar-refractivity contribution is 5.55. The van der Waals surface area contributed by atoms with E-state index in [0.717, 1.165) is 11.5 Å². The summed E-state index contributed by atoms with van der Waals surface area (Å²) in [6.07, 6.45) is 5.36. The normalized spacial score (nSPS) is 10.4. The molecule has 0 aromatic carbocycles. The van der Waals surface area contributed by atoms with E-state index in [1.54, 1.807) is 12.4 Å². The van der Waals surface area contributed by atoms with E-state index in [1.807, 2.05) is 24.4 Å². The van der Waals surface area contributed by atoms with Gasteiger partial charge in [-0.05, 0) is 35.7 Å². The molecule has 0 unspecified atom stereocenters. The number of nitrogens with zero attached hydrogens (tertiary/aromatic N) is 2. The van der Waals surface area contributed by atoms with Crippen molar-refractivity contribution in [3.05, 3.63) is 48.4 Å². The SMILES string of the molecule is CC(C)c1ccnc(Nc2cccnc2)c1. The fourth-order valence-electron chi connectivity index (χ4n) is 1.46. The maximum atomic E-state index is 4.28. The standard InChI is InChI=1S/C13H15N3/c1-10(2)11-5-7-15-13(8-11)16-12-4-3-6-14-9-12/h3-10H,1-2H3,(H,15,16). The summed E-state index contributed by atoms with van der Waals surface area (Å²) in [7, 11) is 0. The lowest BCUT2D eigenvalue weighted by Crippen LogP contribution is -1.96. The first-order valence-corrected chi connectivity index (χ1v) is 5.38. The summed E-state index contributed by atoms with van der Waals surface area (Å²) >= 11 is 0. The second-order valence-corrected chi connectivity index (χ2v) is 4.00. The van der Waals surface area contributed by atoms with Crippen LogP contribution in [0, 0.1) is 0 Å². The lowest BCUT2D eigenvalue weighted by atomic mass is 10.1. The highest BCUT2D eigenvalue weighted by Crippen LogP contribution is 2.18. The van der Waals surface area contributed by atoms with Crippen LogP contribution >= 0.6 is 0 Å². The molecule has 0 fully saturated rings. The van der Waals surface area contributed by atoms with Gasteiger partial charge in [-0.3, -0.25) is 4.98 Å². The minimum Gasteiger partial charge on any atom is -0.339 e. The Balaban J connectivity index is 2.19. The van der Waals surface area contributed by atoms with Crippen LogP contribution in [0.3, 0.4) is 0 Å². The second kappa shape index (κ2) is 4.75. The molecule has 0 bridgehead atoms. The summed E-state index contributed by atoms with van der Waals surface area (Å²) in [4.78, 5) is 8.33.